The minimum Gasteiger partial charge on any atom is -0.466 e. The number of carbonyl (C=O) groups is 5. The maximum absolute atomic E-state index is 12.7. The van der Waals surface area contributed by atoms with E-state index in [-0.39, 0.29) is 18.6 Å². The van der Waals surface area contributed by atoms with Crippen molar-refractivity contribution < 1.29 is 52.8 Å². The molecule has 11 heteroatoms. The molecule has 0 radical (unpaired) electrons. The van der Waals surface area contributed by atoms with Crippen LogP contribution in [0.3, 0.4) is 0 Å². The third kappa shape index (κ3) is 9.39. The molecule has 0 aromatic heterocycles. The Hall–Kier alpha value is -3.73. The average molecular weight is 452 g/mol. The number of esters is 5. The fraction of sp³-hybridized carbons (Fsp3) is 0.381. The average Bonchev–Trinajstić information content (AvgIpc) is 2.69. The number of ether oxygens (including phenoxy) is 5. The Morgan fingerprint density at radius 1 is 0.781 bits per heavy atom. The van der Waals surface area contributed by atoms with Gasteiger partial charge in [0.2, 0.25) is 5.76 Å². The molecule has 1 aromatic carbocycles. The van der Waals surface area contributed by atoms with E-state index in [0.29, 0.717) is 0 Å². The maximum atomic E-state index is 12.7. The third-order valence-corrected chi connectivity index (χ3v) is 3.50. The molecule has 0 amide bonds. The number of carbonyl (C=O) groups excluding carboxylic acids is 5. The smallest absolute Gasteiger partial charge is 0.343 e. The van der Waals surface area contributed by atoms with E-state index >= 15 is 0 Å². The van der Waals surface area contributed by atoms with E-state index in [1.165, 1.54) is 12.1 Å². The quantitative estimate of drug-likeness (QED) is 0.237. The van der Waals surface area contributed by atoms with Crippen molar-refractivity contribution in [2.75, 3.05) is 6.61 Å². The van der Waals surface area contributed by atoms with Gasteiger partial charge in [-0.3, -0.25) is 19.2 Å². The van der Waals surface area contributed by atoms with Gasteiger partial charge in [0, 0.05) is 34.1 Å². The van der Waals surface area contributed by atoms with Crippen LogP contribution < -0.4 is 0 Å². The molecule has 2 unspecified atom stereocenters. The predicted molar refractivity (Wildman–Crippen MR) is 105 cm³/mol. The summed E-state index contributed by atoms with van der Waals surface area (Å²) in [6.07, 6.45) is -3.88. The van der Waals surface area contributed by atoms with Crippen LogP contribution in [-0.4, -0.2) is 54.0 Å². The predicted octanol–water partition coefficient (Wildman–Crippen LogP) is 1.38. The van der Waals surface area contributed by atoms with Gasteiger partial charge in [-0.05, 0) is 12.1 Å². The van der Waals surface area contributed by atoms with E-state index in [0.717, 1.165) is 27.7 Å². The van der Waals surface area contributed by atoms with Gasteiger partial charge in [-0.2, -0.15) is 0 Å². The van der Waals surface area contributed by atoms with Crippen molar-refractivity contribution in [3.05, 3.63) is 47.4 Å². The van der Waals surface area contributed by atoms with Gasteiger partial charge in [-0.15, -0.1) is 0 Å². The lowest BCUT2D eigenvalue weighted by atomic mass is 10.1. The van der Waals surface area contributed by atoms with E-state index in [1.807, 2.05) is 0 Å². The largest absolute Gasteiger partial charge is 0.466 e. The van der Waals surface area contributed by atoms with Crippen LogP contribution in [0.1, 0.15) is 44.5 Å². The van der Waals surface area contributed by atoms with E-state index in [4.69, 9.17) is 18.9 Å². The van der Waals surface area contributed by atoms with E-state index in [9.17, 15) is 29.1 Å². The standard InChI is InChI=1S/C21H24O11/c1-12(22)28-11-10-17(29-13(2)23)18(32-20(26)16-8-6-5-7-9-16)19(30-14(3)24)21(27)31-15(4)25/h5-9,17,21,27H,10-11H2,1-4H3/b19-18-. The molecule has 11 nitrogen and oxygen atoms in total. The first-order valence-corrected chi connectivity index (χ1v) is 9.36. The highest BCUT2D eigenvalue weighted by Gasteiger charge is 2.33. The van der Waals surface area contributed by atoms with Crippen LogP contribution in [0.2, 0.25) is 0 Å². The maximum Gasteiger partial charge on any atom is 0.343 e. The molecule has 0 bridgehead atoms. The number of aliphatic hydroxyl groups excluding tert-OH is 1. The Morgan fingerprint density at radius 2 is 1.38 bits per heavy atom. The molecule has 2 atom stereocenters. The summed E-state index contributed by atoms with van der Waals surface area (Å²) in [6, 6.07) is 7.63. The zero-order valence-electron chi connectivity index (χ0n) is 18.0. The SMILES string of the molecule is CC(=O)OCCC(OC(C)=O)/C(OC(=O)c1ccccc1)=C(/OC(C)=O)C(O)OC(C)=O. The molecule has 0 heterocycles. The Morgan fingerprint density at radius 3 is 1.88 bits per heavy atom. The fourth-order valence-corrected chi connectivity index (χ4v) is 2.35. The topological polar surface area (TPSA) is 152 Å². The fourth-order valence-electron chi connectivity index (χ4n) is 2.35. The zero-order chi connectivity index (χ0) is 24.3. The monoisotopic (exact) mass is 452 g/mol. The summed E-state index contributed by atoms with van der Waals surface area (Å²) in [5.41, 5.74) is 0.0794. The molecule has 174 valence electrons. The lowest BCUT2D eigenvalue weighted by Crippen LogP contribution is -2.31. The number of aliphatic hydroxyl groups is 1. The van der Waals surface area contributed by atoms with Gasteiger partial charge >= 0.3 is 29.8 Å². The number of hydrogen-bond donors (Lipinski definition) is 1. The van der Waals surface area contributed by atoms with E-state index < -0.39 is 53.8 Å². The number of hydrogen-bond acceptors (Lipinski definition) is 11. The minimum absolute atomic E-state index is 0.0794. The molecule has 1 N–H and O–H groups in total. The normalized spacial score (nSPS) is 13.0. The van der Waals surface area contributed by atoms with Gasteiger partial charge in [0.15, 0.2) is 11.9 Å². The molecule has 0 fully saturated rings. The van der Waals surface area contributed by atoms with Crippen LogP contribution in [0.15, 0.2) is 41.9 Å². The molecule has 1 aromatic rings. The summed E-state index contributed by atoms with van der Waals surface area (Å²) in [6.45, 7) is 3.90. The molecule has 0 saturated heterocycles. The molecule has 0 aliphatic heterocycles. The summed E-state index contributed by atoms with van der Waals surface area (Å²) < 4.78 is 24.9. The molecule has 0 aliphatic carbocycles. The molecule has 0 spiro atoms. The number of rotatable bonds is 10. The first-order chi connectivity index (χ1) is 15.0. The first-order valence-electron chi connectivity index (χ1n) is 9.36. The van der Waals surface area contributed by atoms with Crippen molar-refractivity contribution in [2.45, 2.75) is 46.5 Å². The Bertz CT molecular complexity index is 873. The second-order valence-electron chi connectivity index (χ2n) is 6.27. The summed E-state index contributed by atoms with van der Waals surface area (Å²) >= 11 is 0. The molecule has 1 rings (SSSR count). The van der Waals surface area contributed by atoms with Crippen LogP contribution in [0.4, 0.5) is 0 Å². The summed E-state index contributed by atoms with van der Waals surface area (Å²) in [5, 5.41) is 10.3. The highest BCUT2D eigenvalue weighted by atomic mass is 16.7. The molecular weight excluding hydrogens is 428 g/mol. The lowest BCUT2D eigenvalue weighted by Gasteiger charge is -2.24. The van der Waals surface area contributed by atoms with E-state index in [1.54, 1.807) is 18.2 Å². The van der Waals surface area contributed by atoms with Crippen molar-refractivity contribution >= 4 is 29.8 Å². The van der Waals surface area contributed by atoms with Crippen LogP contribution in [0, 0.1) is 0 Å². The van der Waals surface area contributed by atoms with Crippen LogP contribution in [0.5, 0.6) is 0 Å². The Labute approximate surface area is 183 Å². The van der Waals surface area contributed by atoms with Gasteiger partial charge in [-0.1, -0.05) is 18.2 Å². The van der Waals surface area contributed by atoms with Crippen molar-refractivity contribution in [3.63, 3.8) is 0 Å². The van der Waals surface area contributed by atoms with Gasteiger partial charge in [0.05, 0.1) is 12.2 Å². The summed E-state index contributed by atoms with van der Waals surface area (Å²) in [4.78, 5) is 58.3. The summed E-state index contributed by atoms with van der Waals surface area (Å²) in [5.74, 6) is -5.71. The van der Waals surface area contributed by atoms with Gasteiger partial charge in [-0.25, -0.2) is 4.79 Å². The Kier molecular flexibility index (Phi) is 10.6. The van der Waals surface area contributed by atoms with Crippen molar-refractivity contribution in [1.82, 2.24) is 0 Å². The zero-order valence-corrected chi connectivity index (χ0v) is 18.0. The van der Waals surface area contributed by atoms with E-state index in [2.05, 4.69) is 4.74 Å². The number of benzene rings is 1. The molecule has 32 heavy (non-hydrogen) atoms. The van der Waals surface area contributed by atoms with Gasteiger partial charge < -0.3 is 28.8 Å². The first kappa shape index (κ1) is 26.3. The second-order valence-corrected chi connectivity index (χ2v) is 6.27. The Balaban J connectivity index is 3.52. The van der Waals surface area contributed by atoms with Crippen LogP contribution in [-0.2, 0) is 42.9 Å². The van der Waals surface area contributed by atoms with Gasteiger partial charge in [0.25, 0.3) is 6.29 Å². The summed E-state index contributed by atoms with van der Waals surface area (Å²) in [7, 11) is 0. The van der Waals surface area contributed by atoms with Crippen molar-refractivity contribution in [1.29, 1.82) is 0 Å². The third-order valence-electron chi connectivity index (χ3n) is 3.50. The van der Waals surface area contributed by atoms with Crippen LogP contribution >= 0.6 is 0 Å². The lowest BCUT2D eigenvalue weighted by molar-refractivity contribution is -0.170. The molecule has 0 aliphatic rings. The minimum atomic E-state index is -2.18. The van der Waals surface area contributed by atoms with Crippen LogP contribution in [0.25, 0.3) is 0 Å². The molecular formula is C21H24O11. The highest BCUT2D eigenvalue weighted by molar-refractivity contribution is 5.90. The molecule has 0 saturated carbocycles. The van der Waals surface area contributed by atoms with Gasteiger partial charge in [0.1, 0.15) is 0 Å². The van der Waals surface area contributed by atoms with Crippen molar-refractivity contribution in [2.24, 2.45) is 0 Å². The van der Waals surface area contributed by atoms with Crippen molar-refractivity contribution in [3.8, 4) is 0 Å². The second kappa shape index (κ2) is 12.8. The highest BCUT2D eigenvalue weighted by Crippen LogP contribution is 2.24.